The largest absolute Gasteiger partial charge is 0.412 e. The van der Waals surface area contributed by atoms with Crippen molar-refractivity contribution < 1.29 is 5.48 Å². The lowest BCUT2D eigenvalue weighted by molar-refractivity contribution is 0.824. The molecular weight excluding hydrogens is 190 g/mol. The summed E-state index contributed by atoms with van der Waals surface area (Å²) in [6.45, 7) is 9.42. The molecular formula is C11H19NOSi. The summed E-state index contributed by atoms with van der Waals surface area (Å²) >= 11 is 0. The first-order valence-corrected chi connectivity index (χ1v) is 6.75. The SMILES string of the molecule is C=C[SiH](C)C=C.Nc1ccccc1.O. The first-order valence-electron chi connectivity index (χ1n) is 4.26. The predicted molar refractivity (Wildman–Crippen MR) is 67.9 cm³/mol. The Morgan fingerprint density at radius 1 is 1.14 bits per heavy atom. The van der Waals surface area contributed by atoms with Gasteiger partial charge in [0, 0.05) is 5.69 Å². The van der Waals surface area contributed by atoms with Gasteiger partial charge in [0.2, 0.25) is 0 Å². The van der Waals surface area contributed by atoms with Gasteiger partial charge in [0.05, 0.1) is 8.80 Å². The molecule has 0 spiro atoms. The highest BCUT2D eigenvalue weighted by atomic mass is 28.3. The molecule has 0 aliphatic rings. The average molecular weight is 209 g/mol. The number of para-hydroxylation sites is 1. The first-order chi connectivity index (χ1) is 6.20. The zero-order valence-electron chi connectivity index (χ0n) is 8.61. The summed E-state index contributed by atoms with van der Waals surface area (Å²) in [6, 6.07) is 9.49. The van der Waals surface area contributed by atoms with Gasteiger partial charge >= 0.3 is 0 Å². The monoisotopic (exact) mass is 209 g/mol. The van der Waals surface area contributed by atoms with Crippen molar-refractivity contribution >= 4 is 14.5 Å². The molecule has 0 saturated carbocycles. The van der Waals surface area contributed by atoms with Crippen LogP contribution in [0.3, 0.4) is 0 Å². The fraction of sp³-hybridized carbons (Fsp3) is 0.0909. The highest BCUT2D eigenvalue weighted by Crippen LogP contribution is 1.95. The molecule has 3 heteroatoms. The summed E-state index contributed by atoms with van der Waals surface area (Å²) in [4.78, 5) is 0. The van der Waals surface area contributed by atoms with Crippen LogP contribution in [0, 0.1) is 0 Å². The fourth-order valence-electron chi connectivity index (χ4n) is 0.549. The minimum atomic E-state index is -0.633. The fourth-order valence-corrected chi connectivity index (χ4v) is 0.742. The topological polar surface area (TPSA) is 57.5 Å². The van der Waals surface area contributed by atoms with Crippen LogP contribution in [0.25, 0.3) is 0 Å². The number of hydrogen-bond donors (Lipinski definition) is 1. The molecule has 0 aromatic heterocycles. The van der Waals surface area contributed by atoms with Gasteiger partial charge in [-0.3, -0.25) is 0 Å². The van der Waals surface area contributed by atoms with Crippen molar-refractivity contribution in [3.63, 3.8) is 0 Å². The van der Waals surface area contributed by atoms with Crippen LogP contribution in [-0.2, 0) is 0 Å². The molecule has 0 heterocycles. The quantitative estimate of drug-likeness (QED) is 0.585. The lowest BCUT2D eigenvalue weighted by atomic mass is 10.3. The predicted octanol–water partition coefficient (Wildman–Crippen LogP) is 1.74. The van der Waals surface area contributed by atoms with E-state index in [0.29, 0.717) is 0 Å². The lowest BCUT2D eigenvalue weighted by Gasteiger charge is -1.85. The molecule has 0 unspecified atom stereocenters. The van der Waals surface area contributed by atoms with Crippen LogP contribution in [0.2, 0.25) is 6.55 Å². The summed E-state index contributed by atoms with van der Waals surface area (Å²) in [7, 11) is -0.633. The molecule has 1 aromatic carbocycles. The minimum absolute atomic E-state index is 0. The maximum atomic E-state index is 5.36. The third-order valence-electron chi connectivity index (χ3n) is 1.54. The number of anilines is 1. The Morgan fingerprint density at radius 3 is 1.71 bits per heavy atom. The van der Waals surface area contributed by atoms with Gasteiger partial charge in [-0.15, -0.1) is 24.6 Å². The summed E-state index contributed by atoms with van der Waals surface area (Å²) in [6.07, 6.45) is 0. The van der Waals surface area contributed by atoms with Crippen LogP contribution in [0.1, 0.15) is 0 Å². The van der Waals surface area contributed by atoms with Crippen molar-refractivity contribution in [3.8, 4) is 0 Å². The van der Waals surface area contributed by atoms with Gasteiger partial charge < -0.3 is 11.2 Å². The molecule has 78 valence electrons. The molecule has 0 aliphatic carbocycles. The number of nitrogen functional groups attached to an aromatic ring is 1. The smallest absolute Gasteiger partial charge is 0.0807 e. The Hall–Kier alpha value is -1.32. The third-order valence-corrected chi connectivity index (χ3v) is 3.03. The van der Waals surface area contributed by atoms with Gasteiger partial charge in [-0.05, 0) is 12.1 Å². The van der Waals surface area contributed by atoms with E-state index in [1.165, 1.54) is 0 Å². The van der Waals surface area contributed by atoms with E-state index in [4.69, 9.17) is 5.73 Å². The van der Waals surface area contributed by atoms with Crippen LogP contribution in [0.5, 0.6) is 0 Å². The van der Waals surface area contributed by atoms with Crippen molar-refractivity contribution in [2.75, 3.05) is 5.73 Å². The summed E-state index contributed by atoms with van der Waals surface area (Å²) < 4.78 is 0. The van der Waals surface area contributed by atoms with E-state index in [9.17, 15) is 0 Å². The zero-order valence-corrected chi connectivity index (χ0v) is 9.77. The molecule has 2 nitrogen and oxygen atoms in total. The van der Waals surface area contributed by atoms with E-state index in [0.717, 1.165) is 5.69 Å². The molecule has 0 atom stereocenters. The van der Waals surface area contributed by atoms with Crippen LogP contribution < -0.4 is 5.73 Å². The Morgan fingerprint density at radius 2 is 1.57 bits per heavy atom. The number of benzene rings is 1. The van der Waals surface area contributed by atoms with E-state index < -0.39 is 8.80 Å². The number of rotatable bonds is 2. The van der Waals surface area contributed by atoms with Gasteiger partial charge in [0.1, 0.15) is 0 Å². The molecule has 14 heavy (non-hydrogen) atoms. The van der Waals surface area contributed by atoms with Gasteiger partial charge in [-0.2, -0.15) is 0 Å². The molecule has 0 fully saturated rings. The van der Waals surface area contributed by atoms with E-state index in [2.05, 4.69) is 19.7 Å². The normalized spacial score (nSPS) is 7.86. The van der Waals surface area contributed by atoms with E-state index >= 15 is 0 Å². The van der Waals surface area contributed by atoms with Crippen LogP contribution in [-0.4, -0.2) is 14.3 Å². The second-order valence-electron chi connectivity index (χ2n) is 2.74. The maximum Gasteiger partial charge on any atom is 0.0807 e. The van der Waals surface area contributed by atoms with E-state index in [1.54, 1.807) is 0 Å². The second-order valence-corrected chi connectivity index (χ2v) is 5.40. The molecule has 0 bridgehead atoms. The van der Waals surface area contributed by atoms with Gasteiger partial charge in [-0.25, -0.2) is 0 Å². The molecule has 0 amide bonds. The van der Waals surface area contributed by atoms with Crippen LogP contribution in [0.4, 0.5) is 5.69 Å². The van der Waals surface area contributed by atoms with Crippen molar-refractivity contribution in [2.24, 2.45) is 0 Å². The summed E-state index contributed by atoms with van der Waals surface area (Å²) in [5, 5.41) is 0. The average Bonchev–Trinajstić information content (AvgIpc) is 2.19. The van der Waals surface area contributed by atoms with E-state index in [1.807, 2.05) is 41.7 Å². The Balaban J connectivity index is 0. The van der Waals surface area contributed by atoms with Crippen LogP contribution >= 0.6 is 0 Å². The molecule has 0 aliphatic heterocycles. The van der Waals surface area contributed by atoms with Crippen molar-refractivity contribution in [2.45, 2.75) is 6.55 Å². The second kappa shape index (κ2) is 9.76. The highest BCUT2D eigenvalue weighted by Gasteiger charge is 1.82. The standard InChI is InChI=1S/C6H7N.C5H10Si.H2O/c7-6-4-2-1-3-5-6;1-4-6(3)5-2;/h1-5H,7H2;4-6H,1-2H2,3H3;1H2. The molecule has 0 saturated heterocycles. The lowest BCUT2D eigenvalue weighted by Crippen LogP contribution is -1.93. The number of hydrogen-bond acceptors (Lipinski definition) is 1. The van der Waals surface area contributed by atoms with Crippen molar-refractivity contribution in [3.05, 3.63) is 54.9 Å². The molecule has 0 radical (unpaired) electrons. The van der Waals surface area contributed by atoms with Crippen molar-refractivity contribution in [1.82, 2.24) is 0 Å². The molecule has 4 N–H and O–H groups in total. The Labute approximate surface area is 87.7 Å². The summed E-state index contributed by atoms with van der Waals surface area (Å²) in [5.74, 6) is 0. The van der Waals surface area contributed by atoms with Crippen LogP contribution in [0.15, 0.2) is 54.9 Å². The maximum absolute atomic E-state index is 5.36. The zero-order chi connectivity index (χ0) is 10.1. The highest BCUT2D eigenvalue weighted by molar-refractivity contribution is 6.67. The molecule has 1 rings (SSSR count). The van der Waals surface area contributed by atoms with Gasteiger partial charge in [0.15, 0.2) is 0 Å². The van der Waals surface area contributed by atoms with E-state index in [-0.39, 0.29) is 5.48 Å². The Bertz CT molecular complexity index is 241. The minimum Gasteiger partial charge on any atom is -0.412 e. The van der Waals surface area contributed by atoms with Crippen molar-refractivity contribution in [1.29, 1.82) is 0 Å². The third kappa shape index (κ3) is 8.77. The molecule has 1 aromatic rings. The number of nitrogens with two attached hydrogens (primary N) is 1. The Kier molecular flexibility index (Phi) is 10.6. The van der Waals surface area contributed by atoms with Gasteiger partial charge in [0.25, 0.3) is 0 Å². The summed E-state index contributed by atoms with van der Waals surface area (Å²) in [5.41, 5.74) is 10.2. The first kappa shape index (κ1) is 15.2. The van der Waals surface area contributed by atoms with Gasteiger partial charge in [-0.1, -0.05) is 24.7 Å².